The number of carbonyl (C=O) groups is 1. The largest absolute Gasteiger partial charge is 0.385 e. The maximum absolute atomic E-state index is 11.2. The van der Waals surface area contributed by atoms with Crippen molar-refractivity contribution in [2.75, 3.05) is 25.0 Å². The number of nitrogens with one attached hydrogen (secondary N) is 1. The standard InChI is InChI=1S/C15H19N2O2/c1-3-16-15-9-5-4-7-14(15)8-6-10-17(11-12-18)13(2)19/h4-9,16H,3,10-11H2,1-2H3/b8-6+. The van der Waals surface area contributed by atoms with Crippen molar-refractivity contribution in [3.05, 3.63) is 35.9 Å². The Kier molecular flexibility index (Phi) is 6.36. The van der Waals surface area contributed by atoms with Gasteiger partial charge in [0, 0.05) is 25.7 Å². The summed E-state index contributed by atoms with van der Waals surface area (Å²) in [5.41, 5.74) is 2.11. The molecule has 4 nitrogen and oxygen atoms in total. The SMILES string of the molecule is CCNc1ccccc1/C=C/CN(C[C]=O)C(C)=O. The molecule has 1 radical (unpaired) electrons. The Labute approximate surface area is 114 Å². The van der Waals surface area contributed by atoms with E-state index in [1.807, 2.05) is 43.3 Å². The molecule has 0 fully saturated rings. The number of benzene rings is 1. The van der Waals surface area contributed by atoms with E-state index < -0.39 is 0 Å². The number of carbonyl (C=O) groups excluding carboxylic acids is 2. The molecule has 0 saturated heterocycles. The second-order valence-corrected chi connectivity index (χ2v) is 4.06. The highest BCUT2D eigenvalue weighted by Crippen LogP contribution is 2.16. The summed E-state index contributed by atoms with van der Waals surface area (Å²) in [6, 6.07) is 7.94. The molecule has 1 amide bonds. The molecule has 0 heterocycles. The topological polar surface area (TPSA) is 49.4 Å². The summed E-state index contributed by atoms with van der Waals surface area (Å²) in [5, 5.41) is 3.27. The van der Waals surface area contributed by atoms with Crippen molar-refractivity contribution >= 4 is 24.0 Å². The number of hydrogen-bond donors (Lipinski definition) is 1. The molecule has 0 aromatic heterocycles. The molecule has 0 aliphatic heterocycles. The fourth-order valence-electron chi connectivity index (χ4n) is 1.68. The number of nitrogens with zero attached hydrogens (tertiary/aromatic N) is 1. The van der Waals surface area contributed by atoms with E-state index in [0.717, 1.165) is 17.8 Å². The van der Waals surface area contributed by atoms with E-state index in [4.69, 9.17) is 0 Å². The maximum atomic E-state index is 11.2. The lowest BCUT2D eigenvalue weighted by Gasteiger charge is -2.15. The smallest absolute Gasteiger partial charge is 0.220 e. The first-order valence-electron chi connectivity index (χ1n) is 6.29. The summed E-state index contributed by atoms with van der Waals surface area (Å²) in [7, 11) is 0. The van der Waals surface area contributed by atoms with Gasteiger partial charge in [-0.1, -0.05) is 30.4 Å². The van der Waals surface area contributed by atoms with Crippen molar-refractivity contribution in [3.8, 4) is 0 Å². The molecule has 0 bridgehead atoms. The van der Waals surface area contributed by atoms with Crippen molar-refractivity contribution in [3.63, 3.8) is 0 Å². The predicted molar refractivity (Wildman–Crippen MR) is 77.6 cm³/mol. The first kappa shape index (κ1) is 15.0. The van der Waals surface area contributed by atoms with Crippen LogP contribution in [0.2, 0.25) is 0 Å². The summed E-state index contributed by atoms with van der Waals surface area (Å²) in [6.07, 6.45) is 5.55. The van der Waals surface area contributed by atoms with Gasteiger partial charge in [0.2, 0.25) is 12.2 Å². The van der Waals surface area contributed by atoms with E-state index in [-0.39, 0.29) is 12.5 Å². The molecule has 0 spiro atoms. The van der Waals surface area contributed by atoms with Crippen LogP contribution in [0.1, 0.15) is 19.4 Å². The van der Waals surface area contributed by atoms with Gasteiger partial charge in [-0.3, -0.25) is 9.59 Å². The molecule has 0 aliphatic carbocycles. The molecule has 0 saturated carbocycles. The van der Waals surface area contributed by atoms with Crippen LogP contribution in [-0.4, -0.2) is 36.7 Å². The highest BCUT2D eigenvalue weighted by atomic mass is 16.2. The molecule has 4 heteroatoms. The van der Waals surface area contributed by atoms with Gasteiger partial charge in [0.15, 0.2) is 0 Å². The van der Waals surface area contributed by atoms with Gasteiger partial charge in [0.25, 0.3) is 0 Å². The third kappa shape index (κ3) is 4.95. The van der Waals surface area contributed by atoms with Crippen LogP contribution in [0.5, 0.6) is 0 Å². The van der Waals surface area contributed by atoms with Crippen molar-refractivity contribution in [1.29, 1.82) is 0 Å². The summed E-state index contributed by atoms with van der Waals surface area (Å²) in [5.74, 6) is -0.132. The van der Waals surface area contributed by atoms with Crippen LogP contribution >= 0.6 is 0 Å². The van der Waals surface area contributed by atoms with Gasteiger partial charge in [-0.25, -0.2) is 0 Å². The molecular weight excluding hydrogens is 240 g/mol. The number of anilines is 1. The third-order valence-electron chi connectivity index (χ3n) is 2.65. The monoisotopic (exact) mass is 259 g/mol. The van der Waals surface area contributed by atoms with E-state index in [2.05, 4.69) is 5.32 Å². The summed E-state index contributed by atoms with van der Waals surface area (Å²) in [4.78, 5) is 23.0. The number of hydrogen-bond acceptors (Lipinski definition) is 3. The van der Waals surface area contributed by atoms with E-state index >= 15 is 0 Å². The fourth-order valence-corrected chi connectivity index (χ4v) is 1.68. The lowest BCUT2D eigenvalue weighted by Crippen LogP contribution is -2.30. The normalized spacial score (nSPS) is 10.4. The van der Waals surface area contributed by atoms with Gasteiger partial charge in [0.05, 0.1) is 6.54 Å². The van der Waals surface area contributed by atoms with E-state index in [1.54, 1.807) is 6.29 Å². The van der Waals surface area contributed by atoms with Crippen molar-refractivity contribution in [1.82, 2.24) is 4.90 Å². The number of rotatable bonds is 7. The van der Waals surface area contributed by atoms with Crippen LogP contribution in [0.15, 0.2) is 30.3 Å². The highest BCUT2D eigenvalue weighted by molar-refractivity contribution is 5.76. The maximum Gasteiger partial charge on any atom is 0.220 e. The van der Waals surface area contributed by atoms with Crippen LogP contribution in [0, 0.1) is 0 Å². The first-order valence-corrected chi connectivity index (χ1v) is 6.29. The summed E-state index contributed by atoms with van der Waals surface area (Å²) >= 11 is 0. The molecule has 1 rings (SSSR count). The Bertz CT molecular complexity index is 455. The van der Waals surface area contributed by atoms with E-state index in [9.17, 15) is 9.59 Å². The second kappa shape index (κ2) is 8.08. The Hall–Kier alpha value is -2.10. The van der Waals surface area contributed by atoms with Gasteiger partial charge in [0.1, 0.15) is 0 Å². The van der Waals surface area contributed by atoms with Crippen LogP contribution in [0.25, 0.3) is 6.08 Å². The van der Waals surface area contributed by atoms with E-state index in [1.165, 1.54) is 11.8 Å². The van der Waals surface area contributed by atoms with Crippen molar-refractivity contribution in [2.24, 2.45) is 0 Å². The quantitative estimate of drug-likeness (QED) is 0.815. The average Bonchev–Trinajstić information content (AvgIpc) is 2.40. The minimum Gasteiger partial charge on any atom is -0.385 e. The van der Waals surface area contributed by atoms with Gasteiger partial charge in [-0.2, -0.15) is 0 Å². The zero-order chi connectivity index (χ0) is 14.1. The highest BCUT2D eigenvalue weighted by Gasteiger charge is 2.05. The van der Waals surface area contributed by atoms with E-state index in [0.29, 0.717) is 6.54 Å². The predicted octanol–water partition coefficient (Wildman–Crippen LogP) is 2.09. The van der Waals surface area contributed by atoms with Crippen LogP contribution in [0.3, 0.4) is 0 Å². The first-order chi connectivity index (χ1) is 9.19. The number of amides is 1. The molecule has 1 aromatic carbocycles. The van der Waals surface area contributed by atoms with Gasteiger partial charge in [-0.15, -0.1) is 0 Å². The van der Waals surface area contributed by atoms with Crippen LogP contribution in [0.4, 0.5) is 5.69 Å². The lowest BCUT2D eigenvalue weighted by atomic mass is 10.1. The lowest BCUT2D eigenvalue weighted by molar-refractivity contribution is -0.127. The Balaban J connectivity index is 2.70. The van der Waals surface area contributed by atoms with Crippen molar-refractivity contribution < 1.29 is 9.59 Å². The van der Waals surface area contributed by atoms with Crippen LogP contribution < -0.4 is 5.32 Å². The molecule has 0 atom stereocenters. The zero-order valence-corrected chi connectivity index (χ0v) is 11.3. The Morgan fingerprint density at radius 1 is 1.42 bits per heavy atom. The van der Waals surface area contributed by atoms with Gasteiger partial charge in [-0.05, 0) is 18.6 Å². The minimum atomic E-state index is -0.132. The Morgan fingerprint density at radius 2 is 2.16 bits per heavy atom. The molecule has 1 N–H and O–H groups in total. The molecule has 0 aliphatic rings. The third-order valence-corrected chi connectivity index (χ3v) is 2.65. The van der Waals surface area contributed by atoms with Gasteiger partial charge < -0.3 is 10.2 Å². The van der Waals surface area contributed by atoms with Gasteiger partial charge >= 0.3 is 0 Å². The molecule has 19 heavy (non-hydrogen) atoms. The molecule has 0 unspecified atom stereocenters. The summed E-state index contributed by atoms with van der Waals surface area (Å²) < 4.78 is 0. The van der Waals surface area contributed by atoms with Crippen molar-refractivity contribution in [2.45, 2.75) is 13.8 Å². The molecule has 1 aromatic rings. The summed E-state index contributed by atoms with van der Waals surface area (Å²) in [6.45, 7) is 4.75. The average molecular weight is 259 g/mol. The molecule has 101 valence electrons. The Morgan fingerprint density at radius 3 is 2.79 bits per heavy atom. The zero-order valence-electron chi connectivity index (χ0n) is 11.3. The molecular formula is C15H19N2O2. The minimum absolute atomic E-state index is 0.00846. The fraction of sp³-hybridized carbons (Fsp3) is 0.333. The second-order valence-electron chi connectivity index (χ2n) is 4.06. The number of para-hydroxylation sites is 1. The van der Waals surface area contributed by atoms with Crippen LogP contribution in [-0.2, 0) is 9.59 Å².